The van der Waals surface area contributed by atoms with Crippen LogP contribution in [0.25, 0.3) is 22.3 Å². The third-order valence-corrected chi connectivity index (χ3v) is 6.21. The van der Waals surface area contributed by atoms with Gasteiger partial charge in [0.1, 0.15) is 0 Å². The summed E-state index contributed by atoms with van der Waals surface area (Å²) in [6, 6.07) is 7.52. The molecule has 1 amide bonds. The van der Waals surface area contributed by atoms with E-state index in [-0.39, 0.29) is 29.9 Å². The summed E-state index contributed by atoms with van der Waals surface area (Å²) >= 11 is 0. The van der Waals surface area contributed by atoms with Crippen molar-refractivity contribution in [2.24, 2.45) is 0 Å². The lowest BCUT2D eigenvalue weighted by Crippen LogP contribution is -2.35. The van der Waals surface area contributed by atoms with Gasteiger partial charge in [0.2, 0.25) is 17.6 Å². The van der Waals surface area contributed by atoms with E-state index in [9.17, 15) is 13.2 Å². The van der Waals surface area contributed by atoms with Gasteiger partial charge in [0.05, 0.1) is 11.5 Å². The van der Waals surface area contributed by atoms with Crippen molar-refractivity contribution in [1.82, 2.24) is 20.4 Å². The molecular formula is C17H18N4O4S. The highest BCUT2D eigenvalue weighted by Gasteiger charge is 2.28. The van der Waals surface area contributed by atoms with Crippen LogP contribution in [0, 0.1) is 0 Å². The highest BCUT2D eigenvalue weighted by molar-refractivity contribution is 7.91. The van der Waals surface area contributed by atoms with Crippen LogP contribution < -0.4 is 5.32 Å². The molecule has 1 aliphatic heterocycles. The zero-order valence-electron chi connectivity index (χ0n) is 13.9. The molecule has 3 heterocycles. The predicted molar refractivity (Wildman–Crippen MR) is 95.1 cm³/mol. The molecule has 4 rings (SSSR count). The largest absolute Gasteiger partial charge is 0.361 e. The van der Waals surface area contributed by atoms with Crippen LogP contribution in [0.4, 0.5) is 0 Å². The number of benzene rings is 1. The number of aromatic amines is 1. The number of rotatable bonds is 5. The molecule has 0 aliphatic carbocycles. The SMILES string of the molecule is O=C(CCc1nc(-c2ccc3cc[nH]c3c2)no1)N[C@@H]1CCS(=O)(=O)C1. The molecule has 2 aromatic heterocycles. The minimum atomic E-state index is -3.01. The van der Waals surface area contributed by atoms with E-state index in [1.165, 1.54) is 0 Å². The van der Waals surface area contributed by atoms with Crippen molar-refractivity contribution in [3.05, 3.63) is 36.4 Å². The number of aromatic nitrogens is 3. The quantitative estimate of drug-likeness (QED) is 0.698. The molecule has 1 saturated heterocycles. The first-order valence-corrected chi connectivity index (χ1v) is 10.2. The summed E-state index contributed by atoms with van der Waals surface area (Å²) in [5.41, 5.74) is 1.82. The third-order valence-electron chi connectivity index (χ3n) is 4.44. The number of carbonyl (C=O) groups excluding carboxylic acids is 1. The zero-order chi connectivity index (χ0) is 18.1. The molecule has 0 saturated carbocycles. The number of hydrogen-bond acceptors (Lipinski definition) is 6. The molecule has 2 N–H and O–H groups in total. The summed E-state index contributed by atoms with van der Waals surface area (Å²) in [4.78, 5) is 19.4. The second-order valence-electron chi connectivity index (χ2n) is 6.46. The maximum atomic E-state index is 12.0. The normalized spacial score (nSPS) is 19.0. The number of amides is 1. The molecule has 1 aromatic carbocycles. The summed E-state index contributed by atoms with van der Waals surface area (Å²) in [5.74, 6) is 0.792. The first-order valence-electron chi connectivity index (χ1n) is 8.38. The van der Waals surface area contributed by atoms with Crippen LogP contribution in [-0.4, -0.2) is 47.0 Å². The van der Waals surface area contributed by atoms with Crippen LogP contribution in [0.3, 0.4) is 0 Å². The smallest absolute Gasteiger partial charge is 0.227 e. The van der Waals surface area contributed by atoms with E-state index in [0.29, 0.717) is 24.6 Å². The molecule has 0 spiro atoms. The van der Waals surface area contributed by atoms with Gasteiger partial charge in [-0.25, -0.2) is 8.42 Å². The molecule has 26 heavy (non-hydrogen) atoms. The number of H-pyrrole nitrogens is 1. The number of sulfone groups is 1. The standard InChI is InChI=1S/C17H18N4O4S/c22-15(19-13-6-8-26(23,24)10-13)3-4-16-20-17(21-25-16)12-2-1-11-5-7-18-14(11)9-12/h1-2,5,7,9,13,18H,3-4,6,8,10H2,(H,19,22)/t13-/m1/s1. The van der Waals surface area contributed by atoms with Crippen LogP contribution >= 0.6 is 0 Å². The summed E-state index contributed by atoms with van der Waals surface area (Å²) in [5, 5.41) is 7.82. The monoisotopic (exact) mass is 374 g/mol. The van der Waals surface area contributed by atoms with E-state index in [2.05, 4.69) is 20.4 Å². The maximum Gasteiger partial charge on any atom is 0.227 e. The third kappa shape index (κ3) is 3.62. The number of carbonyl (C=O) groups is 1. The van der Waals surface area contributed by atoms with Gasteiger partial charge in [0.25, 0.3) is 0 Å². The van der Waals surface area contributed by atoms with E-state index >= 15 is 0 Å². The van der Waals surface area contributed by atoms with Gasteiger partial charge in [-0.3, -0.25) is 4.79 Å². The molecule has 1 atom stereocenters. The van der Waals surface area contributed by atoms with Crippen LogP contribution in [0.5, 0.6) is 0 Å². The molecule has 0 unspecified atom stereocenters. The minimum absolute atomic E-state index is 0.0185. The lowest BCUT2D eigenvalue weighted by molar-refractivity contribution is -0.121. The van der Waals surface area contributed by atoms with Gasteiger partial charge in [0.15, 0.2) is 9.84 Å². The first kappa shape index (κ1) is 16.8. The fourth-order valence-electron chi connectivity index (χ4n) is 3.09. The van der Waals surface area contributed by atoms with Crippen molar-refractivity contribution in [2.45, 2.75) is 25.3 Å². The van der Waals surface area contributed by atoms with Crippen LogP contribution in [0.15, 0.2) is 35.0 Å². The number of hydrogen-bond donors (Lipinski definition) is 2. The average molecular weight is 374 g/mol. The van der Waals surface area contributed by atoms with E-state index in [1.54, 1.807) is 0 Å². The second kappa shape index (κ2) is 6.56. The number of nitrogens with zero attached hydrogens (tertiary/aromatic N) is 2. The van der Waals surface area contributed by atoms with Crippen molar-refractivity contribution in [1.29, 1.82) is 0 Å². The molecule has 0 bridgehead atoms. The molecule has 136 valence electrons. The maximum absolute atomic E-state index is 12.0. The van der Waals surface area contributed by atoms with Gasteiger partial charge in [-0.05, 0) is 23.9 Å². The van der Waals surface area contributed by atoms with Gasteiger partial charge < -0.3 is 14.8 Å². The van der Waals surface area contributed by atoms with Crippen LogP contribution in [-0.2, 0) is 21.1 Å². The number of aryl methyl sites for hydroxylation is 1. The Labute approximate surface area is 149 Å². The molecule has 8 nitrogen and oxygen atoms in total. The van der Waals surface area contributed by atoms with Crippen LogP contribution in [0.2, 0.25) is 0 Å². The van der Waals surface area contributed by atoms with Gasteiger partial charge >= 0.3 is 0 Å². The number of fused-ring (bicyclic) bond motifs is 1. The summed E-state index contributed by atoms with van der Waals surface area (Å²) in [6.45, 7) is 0. The van der Waals surface area contributed by atoms with Crippen molar-refractivity contribution in [2.75, 3.05) is 11.5 Å². The van der Waals surface area contributed by atoms with Crippen molar-refractivity contribution < 1.29 is 17.7 Å². The Morgan fingerprint density at radius 2 is 2.23 bits per heavy atom. The van der Waals surface area contributed by atoms with Crippen molar-refractivity contribution in [3.63, 3.8) is 0 Å². The van der Waals surface area contributed by atoms with Gasteiger partial charge in [-0.1, -0.05) is 17.3 Å². The summed E-state index contributed by atoms with van der Waals surface area (Å²) in [7, 11) is -3.01. The number of nitrogens with one attached hydrogen (secondary N) is 2. The highest BCUT2D eigenvalue weighted by atomic mass is 32.2. The van der Waals surface area contributed by atoms with Gasteiger partial charge in [-0.2, -0.15) is 4.98 Å². The molecule has 3 aromatic rings. The second-order valence-corrected chi connectivity index (χ2v) is 8.69. The Kier molecular flexibility index (Phi) is 4.23. The first-order chi connectivity index (χ1) is 12.5. The Bertz CT molecular complexity index is 1050. The van der Waals surface area contributed by atoms with Crippen molar-refractivity contribution in [3.8, 4) is 11.4 Å². The fraction of sp³-hybridized carbons (Fsp3) is 0.353. The molecule has 1 fully saturated rings. The topological polar surface area (TPSA) is 118 Å². The van der Waals surface area contributed by atoms with E-state index < -0.39 is 9.84 Å². The molecule has 9 heteroatoms. The lowest BCUT2D eigenvalue weighted by atomic mass is 10.1. The zero-order valence-corrected chi connectivity index (χ0v) is 14.8. The lowest BCUT2D eigenvalue weighted by Gasteiger charge is -2.09. The Morgan fingerprint density at radius 1 is 1.35 bits per heavy atom. The Balaban J connectivity index is 1.35. The molecule has 1 aliphatic rings. The molecule has 0 radical (unpaired) electrons. The fourth-order valence-corrected chi connectivity index (χ4v) is 4.76. The minimum Gasteiger partial charge on any atom is -0.361 e. The van der Waals surface area contributed by atoms with Gasteiger partial charge in [0, 0.05) is 36.2 Å². The van der Waals surface area contributed by atoms with E-state index in [1.807, 2.05) is 30.5 Å². The van der Waals surface area contributed by atoms with Gasteiger partial charge in [-0.15, -0.1) is 0 Å². The van der Waals surface area contributed by atoms with E-state index in [0.717, 1.165) is 16.5 Å². The van der Waals surface area contributed by atoms with Crippen LogP contribution in [0.1, 0.15) is 18.7 Å². The highest BCUT2D eigenvalue weighted by Crippen LogP contribution is 2.21. The summed E-state index contributed by atoms with van der Waals surface area (Å²) in [6.07, 6.45) is 2.82. The van der Waals surface area contributed by atoms with E-state index in [4.69, 9.17) is 4.52 Å². The molecular weight excluding hydrogens is 356 g/mol. The predicted octanol–water partition coefficient (Wildman–Crippen LogP) is 1.45. The van der Waals surface area contributed by atoms with Crippen molar-refractivity contribution >= 4 is 26.6 Å². The Hall–Kier alpha value is -2.68. The summed E-state index contributed by atoms with van der Waals surface area (Å²) < 4.78 is 28.1. The average Bonchev–Trinajstić information content (AvgIpc) is 3.31. The Morgan fingerprint density at radius 3 is 3.04 bits per heavy atom.